The number of benzene rings is 1. The van der Waals surface area contributed by atoms with Crippen LogP contribution in [0.25, 0.3) is 0 Å². The van der Waals surface area contributed by atoms with Gasteiger partial charge < -0.3 is 9.47 Å². The smallest absolute Gasteiger partial charge is 0.338 e. The quantitative estimate of drug-likeness (QED) is 0.530. The molecule has 0 saturated carbocycles. The zero-order valence-corrected chi connectivity index (χ0v) is 12.1. The molecular weight excluding hydrogens is 240 g/mol. The van der Waals surface area contributed by atoms with Gasteiger partial charge in [0.2, 0.25) is 0 Å². The van der Waals surface area contributed by atoms with Crippen LogP contribution >= 0.6 is 0 Å². The van der Waals surface area contributed by atoms with Gasteiger partial charge in [-0.3, -0.25) is 0 Å². The summed E-state index contributed by atoms with van der Waals surface area (Å²) >= 11 is 0. The predicted octanol–water partition coefficient (Wildman–Crippen LogP) is 3.68. The summed E-state index contributed by atoms with van der Waals surface area (Å²) in [5.74, 6) is -0.0713. The number of carbonyl (C=O) groups is 1. The standard InChI is InChI=1S/C16H24O3/c1-4-5-11-18-12-13(2)14(3)19-16(17)15-9-7-6-8-10-15/h6-10,13-14H,4-5,11-12H2,1-3H3/t13-,14-/m1/s1. The largest absolute Gasteiger partial charge is 0.459 e. The first-order valence-electron chi connectivity index (χ1n) is 6.99. The number of carbonyl (C=O) groups excluding carboxylic acids is 1. The van der Waals surface area contributed by atoms with Gasteiger partial charge in [-0.25, -0.2) is 4.79 Å². The van der Waals surface area contributed by atoms with Gasteiger partial charge in [0, 0.05) is 12.5 Å². The highest BCUT2D eigenvalue weighted by atomic mass is 16.5. The monoisotopic (exact) mass is 264 g/mol. The van der Waals surface area contributed by atoms with Crippen LogP contribution in [0.3, 0.4) is 0 Å². The lowest BCUT2D eigenvalue weighted by molar-refractivity contribution is 0.00216. The summed E-state index contributed by atoms with van der Waals surface area (Å²) in [6, 6.07) is 9.07. The van der Waals surface area contributed by atoms with Gasteiger partial charge in [0.15, 0.2) is 0 Å². The zero-order valence-electron chi connectivity index (χ0n) is 12.1. The van der Waals surface area contributed by atoms with Crippen molar-refractivity contribution in [2.75, 3.05) is 13.2 Å². The van der Waals surface area contributed by atoms with Crippen LogP contribution in [-0.4, -0.2) is 25.3 Å². The highest BCUT2D eigenvalue weighted by molar-refractivity contribution is 5.89. The molecule has 1 aromatic rings. The Balaban J connectivity index is 2.33. The fourth-order valence-electron chi connectivity index (χ4n) is 1.58. The van der Waals surface area contributed by atoms with Crippen molar-refractivity contribution in [3.05, 3.63) is 35.9 Å². The molecule has 0 aliphatic rings. The third-order valence-corrected chi connectivity index (χ3v) is 3.13. The molecule has 0 N–H and O–H groups in total. The maximum atomic E-state index is 11.9. The SMILES string of the molecule is CCCCOC[C@@H](C)[C@@H](C)OC(=O)c1ccccc1. The van der Waals surface area contributed by atoms with Gasteiger partial charge in [-0.2, -0.15) is 0 Å². The third kappa shape index (κ3) is 5.88. The summed E-state index contributed by atoms with van der Waals surface area (Å²) < 4.78 is 11.0. The maximum absolute atomic E-state index is 11.9. The van der Waals surface area contributed by atoms with E-state index in [0.29, 0.717) is 12.2 Å². The molecule has 0 bridgehead atoms. The molecule has 0 saturated heterocycles. The average Bonchev–Trinajstić information content (AvgIpc) is 2.44. The van der Waals surface area contributed by atoms with Gasteiger partial charge in [0.05, 0.1) is 12.2 Å². The minimum atomic E-state index is -0.270. The Morgan fingerprint density at radius 1 is 1.21 bits per heavy atom. The van der Waals surface area contributed by atoms with Crippen LogP contribution in [0.2, 0.25) is 0 Å². The van der Waals surface area contributed by atoms with E-state index in [1.165, 1.54) is 0 Å². The van der Waals surface area contributed by atoms with Gasteiger partial charge in [0.25, 0.3) is 0 Å². The Bertz CT molecular complexity index is 362. The van der Waals surface area contributed by atoms with Gasteiger partial charge in [-0.1, -0.05) is 38.5 Å². The number of ether oxygens (including phenoxy) is 2. The van der Waals surface area contributed by atoms with Crippen LogP contribution in [0.4, 0.5) is 0 Å². The normalized spacial score (nSPS) is 13.8. The fraction of sp³-hybridized carbons (Fsp3) is 0.562. The molecule has 19 heavy (non-hydrogen) atoms. The Morgan fingerprint density at radius 2 is 1.89 bits per heavy atom. The van der Waals surface area contributed by atoms with Crippen LogP contribution in [0.1, 0.15) is 44.0 Å². The molecule has 0 aromatic heterocycles. The predicted molar refractivity (Wildman–Crippen MR) is 76.2 cm³/mol. The first-order valence-corrected chi connectivity index (χ1v) is 6.99. The van der Waals surface area contributed by atoms with Crippen LogP contribution < -0.4 is 0 Å². The Kier molecular flexibility index (Phi) is 7.19. The number of rotatable bonds is 8. The summed E-state index contributed by atoms with van der Waals surface area (Å²) in [4.78, 5) is 11.9. The van der Waals surface area contributed by atoms with Crippen molar-refractivity contribution in [3.63, 3.8) is 0 Å². The molecule has 2 atom stereocenters. The van der Waals surface area contributed by atoms with E-state index in [1.807, 2.05) is 32.0 Å². The summed E-state index contributed by atoms with van der Waals surface area (Å²) in [6.45, 7) is 7.49. The molecule has 0 amide bonds. The minimum Gasteiger partial charge on any atom is -0.459 e. The van der Waals surface area contributed by atoms with Gasteiger partial charge >= 0.3 is 5.97 Å². The van der Waals surface area contributed by atoms with Crippen LogP contribution in [0.15, 0.2) is 30.3 Å². The lowest BCUT2D eigenvalue weighted by Crippen LogP contribution is -2.25. The fourth-order valence-corrected chi connectivity index (χ4v) is 1.58. The Hall–Kier alpha value is -1.35. The number of unbranched alkanes of at least 4 members (excludes halogenated alkanes) is 1. The molecule has 1 aromatic carbocycles. The third-order valence-electron chi connectivity index (χ3n) is 3.13. The van der Waals surface area contributed by atoms with Crippen molar-refractivity contribution in [1.82, 2.24) is 0 Å². The summed E-state index contributed by atoms with van der Waals surface area (Å²) in [6.07, 6.45) is 2.06. The highest BCUT2D eigenvalue weighted by Crippen LogP contribution is 2.11. The van der Waals surface area contributed by atoms with E-state index >= 15 is 0 Å². The van der Waals surface area contributed by atoms with Crippen LogP contribution in [0.5, 0.6) is 0 Å². The lowest BCUT2D eigenvalue weighted by Gasteiger charge is -2.20. The number of esters is 1. The van der Waals surface area contributed by atoms with Gasteiger partial charge in [0.1, 0.15) is 6.10 Å². The second-order valence-electron chi connectivity index (χ2n) is 4.88. The van der Waals surface area contributed by atoms with Gasteiger partial charge in [-0.15, -0.1) is 0 Å². The van der Waals surface area contributed by atoms with Crippen molar-refractivity contribution < 1.29 is 14.3 Å². The van der Waals surface area contributed by atoms with E-state index < -0.39 is 0 Å². The van der Waals surface area contributed by atoms with E-state index in [9.17, 15) is 4.79 Å². The molecule has 1 rings (SSSR count). The van der Waals surface area contributed by atoms with E-state index in [0.717, 1.165) is 19.4 Å². The summed E-state index contributed by atoms with van der Waals surface area (Å²) in [5.41, 5.74) is 0.591. The molecule has 0 heterocycles. The highest BCUT2D eigenvalue weighted by Gasteiger charge is 2.17. The molecule has 0 spiro atoms. The zero-order chi connectivity index (χ0) is 14.1. The average molecular weight is 264 g/mol. The number of hydrogen-bond acceptors (Lipinski definition) is 3. The van der Waals surface area contributed by atoms with Crippen molar-refractivity contribution >= 4 is 5.97 Å². The topological polar surface area (TPSA) is 35.5 Å². The van der Waals surface area contributed by atoms with E-state index in [4.69, 9.17) is 9.47 Å². The lowest BCUT2D eigenvalue weighted by atomic mass is 10.1. The van der Waals surface area contributed by atoms with Gasteiger partial charge in [-0.05, 0) is 25.5 Å². The molecule has 3 heteroatoms. The summed E-state index contributed by atoms with van der Waals surface area (Å²) in [5, 5.41) is 0. The molecule has 0 aliphatic heterocycles. The first kappa shape index (κ1) is 15.7. The van der Waals surface area contributed by atoms with E-state index in [-0.39, 0.29) is 18.0 Å². The van der Waals surface area contributed by atoms with Crippen molar-refractivity contribution in [2.24, 2.45) is 5.92 Å². The van der Waals surface area contributed by atoms with Crippen LogP contribution in [0, 0.1) is 5.92 Å². The molecule has 0 radical (unpaired) electrons. The van der Waals surface area contributed by atoms with E-state index in [1.54, 1.807) is 12.1 Å². The molecular formula is C16H24O3. The Labute approximate surface area is 115 Å². The minimum absolute atomic E-state index is 0.144. The second-order valence-corrected chi connectivity index (χ2v) is 4.88. The Morgan fingerprint density at radius 3 is 2.53 bits per heavy atom. The second kappa shape index (κ2) is 8.70. The molecule has 0 fully saturated rings. The first-order chi connectivity index (χ1) is 9.15. The number of hydrogen-bond donors (Lipinski definition) is 0. The van der Waals surface area contributed by atoms with Crippen molar-refractivity contribution in [1.29, 1.82) is 0 Å². The molecule has 106 valence electrons. The van der Waals surface area contributed by atoms with E-state index in [2.05, 4.69) is 6.92 Å². The molecule has 3 nitrogen and oxygen atoms in total. The van der Waals surface area contributed by atoms with Crippen LogP contribution in [-0.2, 0) is 9.47 Å². The van der Waals surface area contributed by atoms with Crippen molar-refractivity contribution in [3.8, 4) is 0 Å². The molecule has 0 aliphatic carbocycles. The molecule has 0 unspecified atom stereocenters. The van der Waals surface area contributed by atoms with Crippen molar-refractivity contribution in [2.45, 2.75) is 39.7 Å². The summed E-state index contributed by atoms with van der Waals surface area (Å²) in [7, 11) is 0. The maximum Gasteiger partial charge on any atom is 0.338 e.